The van der Waals surface area contributed by atoms with Gasteiger partial charge in [0.05, 0.1) is 32.1 Å². The number of carboxylic acids is 1. The maximum Gasteiger partial charge on any atom is 0.335 e. The van der Waals surface area contributed by atoms with E-state index in [4.69, 9.17) is 30.5 Å². The quantitative estimate of drug-likeness (QED) is 0.225. The molecule has 0 saturated carbocycles. The number of rotatable bonds is 12. The fourth-order valence-corrected chi connectivity index (χ4v) is 5.58. The number of carbonyl (C=O) groups is 1. The van der Waals surface area contributed by atoms with Crippen molar-refractivity contribution in [3.63, 3.8) is 0 Å². The van der Waals surface area contributed by atoms with Crippen LogP contribution in [0, 0.1) is 0 Å². The van der Waals surface area contributed by atoms with Crippen LogP contribution in [0.5, 0.6) is 11.5 Å². The molecule has 1 N–H and O–H groups in total. The van der Waals surface area contributed by atoms with Gasteiger partial charge in [-0.2, -0.15) is 4.80 Å². The molecule has 0 amide bonds. The second-order valence-electron chi connectivity index (χ2n) is 9.98. The van der Waals surface area contributed by atoms with E-state index >= 15 is 0 Å². The zero-order chi connectivity index (χ0) is 29.9. The van der Waals surface area contributed by atoms with Crippen LogP contribution < -0.4 is 9.47 Å². The fraction of sp³-hybridized carbons (Fsp3) is 0.400. The van der Waals surface area contributed by atoms with Gasteiger partial charge in [-0.15, -0.1) is 10.2 Å². The maximum absolute atomic E-state index is 11.8. The van der Waals surface area contributed by atoms with Crippen LogP contribution in [0.15, 0.2) is 54.7 Å². The fourth-order valence-electron chi connectivity index (χ4n) is 5.40. The summed E-state index contributed by atoms with van der Waals surface area (Å²) >= 11 is 6.50. The highest BCUT2D eigenvalue weighted by molar-refractivity contribution is 6.30. The molecule has 0 spiro atoms. The number of methoxy groups -OCH3 is 2. The molecule has 2 aromatic heterocycles. The average molecular weight is 596 g/mol. The van der Waals surface area contributed by atoms with Gasteiger partial charge in [-0.25, -0.2) is 4.79 Å². The number of aromatic nitrogens is 5. The van der Waals surface area contributed by atoms with E-state index in [1.807, 2.05) is 54.7 Å². The molecule has 0 saturated heterocycles. The molecular formula is C30H34ClN5O6. The summed E-state index contributed by atoms with van der Waals surface area (Å²) < 4.78 is 26.1. The van der Waals surface area contributed by atoms with Gasteiger partial charge in [0.15, 0.2) is 22.9 Å². The number of hydrogen-bond donors (Lipinski definition) is 1. The van der Waals surface area contributed by atoms with Crippen molar-refractivity contribution in [1.82, 2.24) is 24.8 Å². The molecule has 0 aliphatic carbocycles. The normalized spacial score (nSPS) is 16.4. The van der Waals surface area contributed by atoms with Crippen LogP contribution in [-0.2, 0) is 27.4 Å². The molecule has 12 heteroatoms. The smallest absolute Gasteiger partial charge is 0.335 e. The van der Waals surface area contributed by atoms with Crippen LogP contribution >= 0.6 is 11.6 Å². The van der Waals surface area contributed by atoms with Crippen molar-refractivity contribution in [2.24, 2.45) is 0 Å². The standard InChI is InChI=1S/C30H34ClN5O6/c1-5-30(6-2,29(37)38)41-18-26-32-34-36(33-26)16-14-24-23-10-8-15-35(23)22-13-12-19(31)17-21(22)27(42-24)20-9-7-11-25(39-3)28(20)40-4/h7-13,15,17,24,27H,5-6,14,16,18H2,1-4H3,(H,37,38)/t24-,27-/m1/s1. The summed E-state index contributed by atoms with van der Waals surface area (Å²) in [4.78, 5) is 13.3. The van der Waals surface area contributed by atoms with Crippen molar-refractivity contribution in [2.75, 3.05) is 14.2 Å². The summed E-state index contributed by atoms with van der Waals surface area (Å²) in [6.07, 6.45) is 2.31. The predicted molar refractivity (Wildman–Crippen MR) is 154 cm³/mol. The first-order valence-corrected chi connectivity index (χ1v) is 14.2. The van der Waals surface area contributed by atoms with E-state index < -0.39 is 17.7 Å². The van der Waals surface area contributed by atoms with Gasteiger partial charge in [-0.1, -0.05) is 37.6 Å². The summed E-state index contributed by atoms with van der Waals surface area (Å²) in [5, 5.41) is 22.9. The Morgan fingerprint density at radius 3 is 2.62 bits per heavy atom. The van der Waals surface area contributed by atoms with Crippen LogP contribution in [0.1, 0.15) is 68.0 Å². The molecule has 222 valence electrons. The zero-order valence-corrected chi connectivity index (χ0v) is 24.7. The number of nitrogens with zero attached hydrogens (tertiary/aromatic N) is 5. The molecule has 0 fully saturated rings. The Morgan fingerprint density at radius 2 is 1.90 bits per heavy atom. The molecule has 0 bridgehead atoms. The number of halogens is 1. The minimum absolute atomic E-state index is 0.0511. The number of aliphatic carboxylic acids is 1. The highest BCUT2D eigenvalue weighted by atomic mass is 35.5. The SMILES string of the molecule is CCC(CC)(OCc1nnn(CC[C@H]2O[C@H](c3cccc(OC)c3OC)c3cc(Cl)ccc3-n3cccc32)n1)C(=O)O. The third-order valence-electron chi connectivity index (χ3n) is 7.75. The number of tetrazole rings is 1. The third kappa shape index (κ3) is 5.59. The number of ether oxygens (including phenoxy) is 4. The Balaban J connectivity index is 1.43. The number of carboxylic acid groups (broad SMARTS) is 1. The summed E-state index contributed by atoms with van der Waals surface area (Å²) in [6.45, 7) is 3.91. The van der Waals surface area contributed by atoms with E-state index in [1.54, 1.807) is 28.1 Å². The maximum atomic E-state index is 11.8. The van der Waals surface area contributed by atoms with Gasteiger partial charge < -0.3 is 28.6 Å². The van der Waals surface area contributed by atoms with Gasteiger partial charge in [0.25, 0.3) is 0 Å². The van der Waals surface area contributed by atoms with Crippen molar-refractivity contribution < 1.29 is 28.8 Å². The van der Waals surface area contributed by atoms with Crippen LogP contribution in [0.4, 0.5) is 0 Å². The first kappa shape index (κ1) is 29.6. The number of para-hydroxylation sites is 1. The Morgan fingerprint density at radius 1 is 1.10 bits per heavy atom. The number of aryl methyl sites for hydroxylation is 1. The van der Waals surface area contributed by atoms with Crippen LogP contribution in [0.3, 0.4) is 0 Å². The third-order valence-corrected chi connectivity index (χ3v) is 7.99. The second-order valence-corrected chi connectivity index (χ2v) is 10.4. The van der Waals surface area contributed by atoms with Gasteiger partial charge in [0.1, 0.15) is 18.8 Å². The summed E-state index contributed by atoms with van der Waals surface area (Å²) in [7, 11) is 3.21. The highest BCUT2D eigenvalue weighted by Gasteiger charge is 2.36. The summed E-state index contributed by atoms with van der Waals surface area (Å²) in [5.74, 6) is 0.495. The lowest BCUT2D eigenvalue weighted by molar-refractivity contribution is -0.169. The Kier molecular flexibility index (Phi) is 8.81. The summed E-state index contributed by atoms with van der Waals surface area (Å²) in [5.41, 5.74) is 2.33. The number of fused-ring (bicyclic) bond motifs is 3. The molecule has 5 rings (SSSR count). The van der Waals surface area contributed by atoms with Gasteiger partial charge in [0.2, 0.25) is 0 Å². The Labute approximate surface area is 248 Å². The highest BCUT2D eigenvalue weighted by Crippen LogP contribution is 2.46. The zero-order valence-electron chi connectivity index (χ0n) is 24.0. The largest absolute Gasteiger partial charge is 0.493 e. The Hall–Kier alpha value is -3.93. The van der Waals surface area contributed by atoms with E-state index in [-0.39, 0.29) is 12.7 Å². The number of benzene rings is 2. The van der Waals surface area contributed by atoms with Crippen molar-refractivity contribution >= 4 is 17.6 Å². The lowest BCUT2D eigenvalue weighted by Gasteiger charge is -2.26. The van der Waals surface area contributed by atoms with E-state index in [0.29, 0.717) is 48.2 Å². The predicted octanol–water partition coefficient (Wildman–Crippen LogP) is 5.55. The van der Waals surface area contributed by atoms with Crippen molar-refractivity contribution in [2.45, 2.75) is 64.1 Å². The van der Waals surface area contributed by atoms with E-state index in [1.165, 1.54) is 4.80 Å². The minimum Gasteiger partial charge on any atom is -0.493 e. The van der Waals surface area contributed by atoms with E-state index in [9.17, 15) is 9.90 Å². The second kappa shape index (κ2) is 12.5. The first-order valence-electron chi connectivity index (χ1n) is 13.8. The van der Waals surface area contributed by atoms with E-state index in [2.05, 4.69) is 20.0 Å². The lowest BCUT2D eigenvalue weighted by Crippen LogP contribution is -2.40. The molecule has 11 nitrogen and oxygen atoms in total. The van der Waals surface area contributed by atoms with Gasteiger partial charge >= 0.3 is 5.97 Å². The lowest BCUT2D eigenvalue weighted by atomic mass is 9.97. The molecule has 2 aromatic carbocycles. The molecular weight excluding hydrogens is 562 g/mol. The van der Waals surface area contributed by atoms with Crippen LogP contribution in [-0.4, -0.2) is 55.7 Å². The minimum atomic E-state index is -1.28. The molecule has 4 aromatic rings. The molecule has 42 heavy (non-hydrogen) atoms. The van der Waals surface area contributed by atoms with Crippen molar-refractivity contribution in [1.29, 1.82) is 0 Å². The van der Waals surface area contributed by atoms with Crippen molar-refractivity contribution in [3.05, 3.63) is 82.4 Å². The summed E-state index contributed by atoms with van der Waals surface area (Å²) in [6, 6.07) is 15.5. The molecule has 3 heterocycles. The van der Waals surface area contributed by atoms with Gasteiger partial charge in [-0.05, 0) is 54.5 Å². The molecule has 1 aliphatic rings. The molecule has 1 aliphatic heterocycles. The molecule has 0 radical (unpaired) electrons. The van der Waals surface area contributed by atoms with Gasteiger partial charge in [-0.3, -0.25) is 0 Å². The van der Waals surface area contributed by atoms with E-state index in [0.717, 1.165) is 22.5 Å². The first-order chi connectivity index (χ1) is 20.3. The molecule has 0 unspecified atom stereocenters. The van der Waals surface area contributed by atoms with Crippen LogP contribution in [0.2, 0.25) is 5.02 Å². The van der Waals surface area contributed by atoms with Gasteiger partial charge in [0, 0.05) is 28.8 Å². The number of hydrogen-bond acceptors (Lipinski definition) is 8. The monoisotopic (exact) mass is 595 g/mol. The molecule has 2 atom stereocenters. The van der Waals surface area contributed by atoms with Crippen LogP contribution in [0.25, 0.3) is 5.69 Å². The average Bonchev–Trinajstić information content (AvgIpc) is 3.65. The Bertz CT molecular complexity index is 1550. The topological polar surface area (TPSA) is 123 Å². The van der Waals surface area contributed by atoms with Crippen molar-refractivity contribution in [3.8, 4) is 17.2 Å².